The van der Waals surface area contributed by atoms with E-state index >= 15 is 0 Å². The second-order valence-corrected chi connectivity index (χ2v) is 3.34. The van der Waals surface area contributed by atoms with Crippen LogP contribution in [0.4, 0.5) is 0 Å². The number of ether oxygens (including phenoxy) is 1. The summed E-state index contributed by atoms with van der Waals surface area (Å²) in [5, 5.41) is 12.0. The standard InChI is InChI=1S/C12H15NO4/c1-2-17-10(14)8-13-12(16)11(15)9-6-4-3-5-7-9/h3-7,11,15H,2,8H2,1H3,(H,13,16)/t11-/m0/s1. The molecule has 1 atom stereocenters. The van der Waals surface area contributed by atoms with Crippen molar-refractivity contribution >= 4 is 11.9 Å². The molecule has 1 aromatic carbocycles. The van der Waals surface area contributed by atoms with E-state index in [2.05, 4.69) is 10.1 Å². The summed E-state index contributed by atoms with van der Waals surface area (Å²) >= 11 is 0. The molecule has 0 aliphatic rings. The molecule has 0 radical (unpaired) electrons. The zero-order valence-corrected chi connectivity index (χ0v) is 9.55. The molecule has 5 nitrogen and oxygen atoms in total. The third-order valence-electron chi connectivity index (χ3n) is 2.08. The van der Waals surface area contributed by atoms with Gasteiger partial charge in [-0.05, 0) is 12.5 Å². The SMILES string of the molecule is CCOC(=O)CNC(=O)[C@@H](O)c1ccccc1. The number of hydrogen-bond acceptors (Lipinski definition) is 4. The lowest BCUT2D eigenvalue weighted by Gasteiger charge is -2.10. The third kappa shape index (κ3) is 4.24. The van der Waals surface area contributed by atoms with Crippen molar-refractivity contribution in [2.45, 2.75) is 13.0 Å². The van der Waals surface area contributed by atoms with Crippen LogP contribution in [-0.2, 0) is 14.3 Å². The lowest BCUT2D eigenvalue weighted by atomic mass is 10.1. The van der Waals surface area contributed by atoms with Crippen molar-refractivity contribution in [2.75, 3.05) is 13.2 Å². The fraction of sp³-hybridized carbons (Fsp3) is 0.333. The van der Waals surface area contributed by atoms with Gasteiger partial charge in [0.25, 0.3) is 5.91 Å². The van der Waals surface area contributed by atoms with E-state index in [0.29, 0.717) is 5.56 Å². The molecule has 17 heavy (non-hydrogen) atoms. The van der Waals surface area contributed by atoms with E-state index < -0.39 is 18.0 Å². The van der Waals surface area contributed by atoms with Gasteiger partial charge in [0, 0.05) is 0 Å². The summed E-state index contributed by atoms with van der Waals surface area (Å²) in [5.74, 6) is -1.15. The highest BCUT2D eigenvalue weighted by Gasteiger charge is 2.17. The summed E-state index contributed by atoms with van der Waals surface area (Å²) in [7, 11) is 0. The van der Waals surface area contributed by atoms with Gasteiger partial charge in [0.2, 0.25) is 0 Å². The largest absolute Gasteiger partial charge is 0.465 e. The summed E-state index contributed by atoms with van der Waals surface area (Å²) in [4.78, 5) is 22.5. The molecule has 0 unspecified atom stereocenters. The van der Waals surface area contributed by atoms with Gasteiger partial charge in [-0.15, -0.1) is 0 Å². The predicted molar refractivity (Wildman–Crippen MR) is 61.0 cm³/mol. The van der Waals surface area contributed by atoms with Crippen LogP contribution in [0.25, 0.3) is 0 Å². The Morgan fingerprint density at radius 3 is 2.59 bits per heavy atom. The van der Waals surface area contributed by atoms with E-state index in [1.165, 1.54) is 0 Å². The molecule has 0 aromatic heterocycles. The summed E-state index contributed by atoms with van der Waals surface area (Å²) < 4.78 is 4.64. The molecule has 1 aromatic rings. The van der Waals surface area contributed by atoms with Gasteiger partial charge in [-0.3, -0.25) is 9.59 Å². The molecule has 92 valence electrons. The molecule has 0 aliphatic carbocycles. The monoisotopic (exact) mass is 237 g/mol. The normalized spacial score (nSPS) is 11.6. The topological polar surface area (TPSA) is 75.6 Å². The number of amides is 1. The maximum atomic E-state index is 11.5. The van der Waals surface area contributed by atoms with E-state index in [4.69, 9.17) is 0 Å². The number of carbonyl (C=O) groups is 2. The Hall–Kier alpha value is -1.88. The number of carbonyl (C=O) groups excluding carboxylic acids is 2. The number of nitrogens with one attached hydrogen (secondary N) is 1. The van der Waals surface area contributed by atoms with Crippen LogP contribution in [0.15, 0.2) is 30.3 Å². The zero-order chi connectivity index (χ0) is 12.7. The average Bonchev–Trinajstić information content (AvgIpc) is 2.36. The summed E-state index contributed by atoms with van der Waals surface area (Å²) in [6, 6.07) is 8.49. The summed E-state index contributed by atoms with van der Waals surface area (Å²) in [6.07, 6.45) is -1.27. The van der Waals surface area contributed by atoms with Crippen molar-refractivity contribution in [2.24, 2.45) is 0 Å². The van der Waals surface area contributed by atoms with Crippen LogP contribution in [0.1, 0.15) is 18.6 Å². The van der Waals surface area contributed by atoms with Crippen molar-refractivity contribution in [3.8, 4) is 0 Å². The van der Waals surface area contributed by atoms with Gasteiger partial charge in [-0.1, -0.05) is 30.3 Å². The number of esters is 1. The van der Waals surface area contributed by atoms with Crippen molar-refractivity contribution in [3.05, 3.63) is 35.9 Å². The third-order valence-corrected chi connectivity index (χ3v) is 2.08. The minimum atomic E-state index is -1.27. The number of hydrogen-bond donors (Lipinski definition) is 2. The van der Waals surface area contributed by atoms with Crippen LogP contribution in [0, 0.1) is 0 Å². The van der Waals surface area contributed by atoms with Gasteiger partial charge in [0.05, 0.1) is 6.61 Å². The van der Waals surface area contributed by atoms with Gasteiger partial charge in [0.1, 0.15) is 6.54 Å². The summed E-state index contributed by atoms with van der Waals surface area (Å²) in [5.41, 5.74) is 0.480. The van der Waals surface area contributed by atoms with Crippen LogP contribution in [0.5, 0.6) is 0 Å². The van der Waals surface area contributed by atoms with Crippen LogP contribution in [-0.4, -0.2) is 30.1 Å². The van der Waals surface area contributed by atoms with E-state index in [0.717, 1.165) is 0 Å². The van der Waals surface area contributed by atoms with Crippen LogP contribution >= 0.6 is 0 Å². The zero-order valence-electron chi connectivity index (χ0n) is 9.55. The number of aliphatic hydroxyl groups excluding tert-OH is 1. The van der Waals surface area contributed by atoms with Gasteiger partial charge in [0.15, 0.2) is 6.10 Å². The Morgan fingerprint density at radius 1 is 1.35 bits per heavy atom. The second kappa shape index (κ2) is 6.65. The minimum Gasteiger partial charge on any atom is -0.465 e. The van der Waals surface area contributed by atoms with E-state index in [9.17, 15) is 14.7 Å². The number of rotatable bonds is 5. The number of benzene rings is 1. The first kappa shape index (κ1) is 13.2. The number of aliphatic hydroxyl groups is 1. The van der Waals surface area contributed by atoms with E-state index in [1.807, 2.05) is 0 Å². The maximum absolute atomic E-state index is 11.5. The first-order valence-electron chi connectivity index (χ1n) is 5.31. The Kier molecular flexibility index (Phi) is 5.16. The molecule has 0 heterocycles. The molecular weight excluding hydrogens is 222 g/mol. The van der Waals surface area contributed by atoms with Gasteiger partial charge in [-0.25, -0.2) is 0 Å². The quantitative estimate of drug-likeness (QED) is 0.727. The Morgan fingerprint density at radius 2 is 2.00 bits per heavy atom. The molecule has 0 saturated heterocycles. The van der Waals surface area contributed by atoms with Crippen LogP contribution in [0.2, 0.25) is 0 Å². The van der Waals surface area contributed by atoms with Gasteiger partial charge < -0.3 is 15.2 Å². The van der Waals surface area contributed by atoms with Crippen molar-refractivity contribution in [3.63, 3.8) is 0 Å². The first-order chi connectivity index (χ1) is 8.15. The van der Waals surface area contributed by atoms with Crippen LogP contribution < -0.4 is 5.32 Å². The molecule has 0 bridgehead atoms. The average molecular weight is 237 g/mol. The van der Waals surface area contributed by atoms with Gasteiger partial charge >= 0.3 is 5.97 Å². The highest BCUT2D eigenvalue weighted by Crippen LogP contribution is 2.11. The van der Waals surface area contributed by atoms with Crippen LogP contribution in [0.3, 0.4) is 0 Å². The summed E-state index contributed by atoms with van der Waals surface area (Å²) in [6.45, 7) is 1.70. The smallest absolute Gasteiger partial charge is 0.325 e. The predicted octanol–water partition coefficient (Wildman–Crippen LogP) is 0.399. The molecule has 1 amide bonds. The first-order valence-corrected chi connectivity index (χ1v) is 5.31. The molecule has 0 spiro atoms. The van der Waals surface area contributed by atoms with E-state index in [1.54, 1.807) is 37.3 Å². The lowest BCUT2D eigenvalue weighted by molar-refractivity contribution is -0.144. The second-order valence-electron chi connectivity index (χ2n) is 3.34. The Bertz CT molecular complexity index is 377. The van der Waals surface area contributed by atoms with Crippen molar-refractivity contribution < 1.29 is 19.4 Å². The molecular formula is C12H15NO4. The highest BCUT2D eigenvalue weighted by molar-refractivity contribution is 5.85. The Labute approximate surface area is 99.4 Å². The molecule has 0 fully saturated rings. The fourth-order valence-electron chi connectivity index (χ4n) is 1.25. The Balaban J connectivity index is 2.45. The fourth-order valence-corrected chi connectivity index (χ4v) is 1.25. The molecule has 1 rings (SSSR count). The van der Waals surface area contributed by atoms with Crippen molar-refractivity contribution in [1.82, 2.24) is 5.32 Å². The van der Waals surface area contributed by atoms with Gasteiger partial charge in [-0.2, -0.15) is 0 Å². The molecule has 5 heteroatoms. The molecule has 0 saturated carbocycles. The van der Waals surface area contributed by atoms with E-state index in [-0.39, 0.29) is 13.2 Å². The lowest BCUT2D eigenvalue weighted by Crippen LogP contribution is -2.34. The molecule has 0 aliphatic heterocycles. The maximum Gasteiger partial charge on any atom is 0.325 e. The molecule has 2 N–H and O–H groups in total. The van der Waals surface area contributed by atoms with Crippen molar-refractivity contribution in [1.29, 1.82) is 0 Å². The highest BCUT2D eigenvalue weighted by atomic mass is 16.5. The minimum absolute atomic E-state index is 0.240.